The van der Waals surface area contributed by atoms with Crippen LogP contribution < -0.4 is 5.32 Å². The third-order valence-corrected chi connectivity index (χ3v) is 3.20. The molecule has 0 amide bonds. The summed E-state index contributed by atoms with van der Waals surface area (Å²) in [4.78, 5) is 4.46. The lowest BCUT2D eigenvalue weighted by atomic mass is 10.2. The monoisotopic (exact) mass is 266 g/mol. The van der Waals surface area contributed by atoms with Crippen LogP contribution in [0.4, 0.5) is 9.52 Å². The van der Waals surface area contributed by atoms with E-state index in [0.717, 1.165) is 16.4 Å². The number of nitrogens with zero attached hydrogens (tertiary/aromatic N) is 1. The zero-order valence-corrected chi connectivity index (χ0v) is 11.1. The maximum Gasteiger partial charge on any atom is 0.183 e. The molecule has 0 spiro atoms. The summed E-state index contributed by atoms with van der Waals surface area (Å²) in [5.41, 5.74) is 1.77. The van der Waals surface area contributed by atoms with Gasteiger partial charge in [0.1, 0.15) is 5.82 Å². The molecule has 0 aliphatic carbocycles. The Morgan fingerprint density at radius 1 is 1.39 bits per heavy atom. The number of nitrogens with one attached hydrogen (secondary N) is 1. The quantitative estimate of drug-likeness (QED) is 0.900. The summed E-state index contributed by atoms with van der Waals surface area (Å²) in [5.74, 6) is -0.235. The molecule has 18 heavy (non-hydrogen) atoms. The van der Waals surface area contributed by atoms with E-state index in [0.29, 0.717) is 6.61 Å². The molecule has 1 aromatic carbocycles. The van der Waals surface area contributed by atoms with Gasteiger partial charge in [-0.2, -0.15) is 0 Å². The van der Waals surface area contributed by atoms with Crippen LogP contribution in [0.5, 0.6) is 0 Å². The van der Waals surface area contributed by atoms with Crippen LogP contribution in [0.25, 0.3) is 11.3 Å². The van der Waals surface area contributed by atoms with Crippen LogP contribution in [0.2, 0.25) is 0 Å². The minimum absolute atomic E-state index is 0.210. The van der Waals surface area contributed by atoms with E-state index in [1.54, 1.807) is 19.2 Å². The van der Waals surface area contributed by atoms with Crippen molar-refractivity contribution in [1.29, 1.82) is 0 Å². The number of aromatic nitrogens is 1. The first-order valence-electron chi connectivity index (χ1n) is 5.66. The number of rotatable bonds is 5. The first-order valence-corrected chi connectivity index (χ1v) is 6.54. The predicted molar refractivity (Wildman–Crippen MR) is 72.5 cm³/mol. The maximum atomic E-state index is 12.8. The molecular formula is C13H15FN2OS. The summed E-state index contributed by atoms with van der Waals surface area (Å²) in [6.07, 6.45) is 0. The van der Waals surface area contributed by atoms with E-state index in [4.69, 9.17) is 4.74 Å². The van der Waals surface area contributed by atoms with E-state index in [9.17, 15) is 4.39 Å². The second-order valence-corrected chi connectivity index (χ2v) is 4.90. The number of hydrogen-bond acceptors (Lipinski definition) is 4. The fraction of sp³-hybridized carbons (Fsp3) is 0.308. The van der Waals surface area contributed by atoms with Gasteiger partial charge >= 0.3 is 0 Å². The second-order valence-electron chi connectivity index (χ2n) is 4.05. The zero-order chi connectivity index (χ0) is 13.0. The molecule has 0 saturated heterocycles. The van der Waals surface area contributed by atoms with Gasteiger partial charge in [0, 0.05) is 24.1 Å². The van der Waals surface area contributed by atoms with Crippen LogP contribution in [0.1, 0.15) is 6.92 Å². The van der Waals surface area contributed by atoms with E-state index in [-0.39, 0.29) is 11.9 Å². The minimum atomic E-state index is -0.235. The van der Waals surface area contributed by atoms with Gasteiger partial charge in [0.2, 0.25) is 0 Å². The van der Waals surface area contributed by atoms with Gasteiger partial charge in [0.15, 0.2) is 5.13 Å². The summed E-state index contributed by atoms with van der Waals surface area (Å²) in [7, 11) is 1.67. The van der Waals surface area contributed by atoms with Crippen molar-refractivity contribution in [2.75, 3.05) is 19.0 Å². The molecule has 2 rings (SSSR count). The molecule has 0 fully saturated rings. The lowest BCUT2D eigenvalue weighted by Gasteiger charge is -2.10. The topological polar surface area (TPSA) is 34.1 Å². The van der Waals surface area contributed by atoms with Crippen molar-refractivity contribution in [2.45, 2.75) is 13.0 Å². The summed E-state index contributed by atoms with van der Waals surface area (Å²) in [5, 5.41) is 6.05. The molecule has 96 valence electrons. The van der Waals surface area contributed by atoms with E-state index in [2.05, 4.69) is 10.3 Å². The molecule has 5 heteroatoms. The Bertz CT molecular complexity index is 498. The number of hydrogen-bond donors (Lipinski definition) is 1. The smallest absolute Gasteiger partial charge is 0.183 e. The molecule has 1 aromatic heterocycles. The average Bonchev–Trinajstić information content (AvgIpc) is 2.78. The second kappa shape index (κ2) is 5.93. The fourth-order valence-electron chi connectivity index (χ4n) is 1.60. The summed E-state index contributed by atoms with van der Waals surface area (Å²) in [6.45, 7) is 2.66. The van der Waals surface area contributed by atoms with E-state index in [1.807, 2.05) is 12.3 Å². The Labute approximate surface area is 110 Å². The summed E-state index contributed by atoms with van der Waals surface area (Å²) >= 11 is 1.53. The predicted octanol–water partition coefficient (Wildman–Crippen LogP) is 3.40. The van der Waals surface area contributed by atoms with Gasteiger partial charge in [0.05, 0.1) is 12.3 Å². The molecule has 1 heterocycles. The Morgan fingerprint density at radius 2 is 2.11 bits per heavy atom. The van der Waals surface area contributed by atoms with Crippen molar-refractivity contribution in [1.82, 2.24) is 4.98 Å². The van der Waals surface area contributed by atoms with Crippen LogP contribution >= 0.6 is 11.3 Å². The van der Waals surface area contributed by atoms with E-state index in [1.165, 1.54) is 23.5 Å². The van der Waals surface area contributed by atoms with Crippen molar-refractivity contribution in [3.05, 3.63) is 35.5 Å². The number of methoxy groups -OCH3 is 1. The highest BCUT2D eigenvalue weighted by atomic mass is 32.1. The van der Waals surface area contributed by atoms with Gasteiger partial charge in [-0.15, -0.1) is 11.3 Å². The highest BCUT2D eigenvalue weighted by Crippen LogP contribution is 2.25. The van der Waals surface area contributed by atoms with Crippen molar-refractivity contribution in [3.8, 4) is 11.3 Å². The van der Waals surface area contributed by atoms with Crippen molar-refractivity contribution in [3.63, 3.8) is 0 Å². The first kappa shape index (κ1) is 13.0. The Kier molecular flexibility index (Phi) is 4.28. The Hall–Kier alpha value is -1.46. The van der Waals surface area contributed by atoms with Crippen molar-refractivity contribution < 1.29 is 9.13 Å². The third kappa shape index (κ3) is 3.27. The molecule has 0 unspecified atom stereocenters. The van der Waals surface area contributed by atoms with Crippen LogP contribution in [-0.4, -0.2) is 24.7 Å². The molecule has 0 aliphatic rings. The average molecular weight is 266 g/mol. The SMILES string of the molecule is COC[C@@H](C)Nc1nc(-c2ccc(F)cc2)cs1. The molecule has 0 saturated carbocycles. The van der Waals surface area contributed by atoms with Crippen molar-refractivity contribution >= 4 is 16.5 Å². The number of ether oxygens (including phenoxy) is 1. The van der Waals surface area contributed by atoms with Gasteiger partial charge in [0.25, 0.3) is 0 Å². The van der Waals surface area contributed by atoms with Gasteiger partial charge < -0.3 is 10.1 Å². The molecule has 3 nitrogen and oxygen atoms in total. The molecule has 0 aliphatic heterocycles. The fourth-order valence-corrected chi connectivity index (χ4v) is 2.43. The Morgan fingerprint density at radius 3 is 2.78 bits per heavy atom. The van der Waals surface area contributed by atoms with Crippen molar-refractivity contribution in [2.24, 2.45) is 0 Å². The van der Waals surface area contributed by atoms with Crippen LogP contribution in [-0.2, 0) is 4.74 Å². The lowest BCUT2D eigenvalue weighted by molar-refractivity contribution is 0.190. The molecule has 1 N–H and O–H groups in total. The highest BCUT2D eigenvalue weighted by Gasteiger charge is 2.07. The molecule has 0 bridgehead atoms. The van der Waals surface area contributed by atoms with Gasteiger partial charge in [-0.05, 0) is 31.2 Å². The number of benzene rings is 1. The normalized spacial score (nSPS) is 12.4. The minimum Gasteiger partial charge on any atom is -0.383 e. The molecule has 2 aromatic rings. The lowest BCUT2D eigenvalue weighted by Crippen LogP contribution is -2.20. The van der Waals surface area contributed by atoms with Crippen LogP contribution in [0.15, 0.2) is 29.6 Å². The zero-order valence-electron chi connectivity index (χ0n) is 10.3. The highest BCUT2D eigenvalue weighted by molar-refractivity contribution is 7.14. The summed E-state index contributed by atoms with van der Waals surface area (Å²) < 4.78 is 17.9. The number of halogens is 1. The van der Waals surface area contributed by atoms with Crippen LogP contribution in [0, 0.1) is 5.82 Å². The number of thiazole rings is 1. The van der Waals surface area contributed by atoms with Crippen LogP contribution in [0.3, 0.4) is 0 Å². The molecule has 1 atom stereocenters. The Balaban J connectivity index is 2.08. The standard InChI is InChI=1S/C13H15FN2OS/c1-9(7-17-2)15-13-16-12(8-18-13)10-3-5-11(14)6-4-10/h3-6,8-9H,7H2,1-2H3,(H,15,16)/t9-/m1/s1. The van der Waals surface area contributed by atoms with E-state index >= 15 is 0 Å². The molecular weight excluding hydrogens is 251 g/mol. The van der Waals surface area contributed by atoms with Gasteiger partial charge in [-0.1, -0.05) is 0 Å². The third-order valence-electron chi connectivity index (χ3n) is 2.43. The largest absolute Gasteiger partial charge is 0.383 e. The van der Waals surface area contributed by atoms with Gasteiger partial charge in [-0.25, -0.2) is 9.37 Å². The summed E-state index contributed by atoms with van der Waals surface area (Å²) in [6, 6.07) is 6.55. The number of anilines is 1. The maximum absolute atomic E-state index is 12.8. The molecule has 0 radical (unpaired) electrons. The van der Waals surface area contributed by atoms with E-state index < -0.39 is 0 Å². The van der Waals surface area contributed by atoms with Gasteiger partial charge in [-0.3, -0.25) is 0 Å². The first-order chi connectivity index (χ1) is 8.69.